The summed E-state index contributed by atoms with van der Waals surface area (Å²) >= 11 is 0. The van der Waals surface area contributed by atoms with Crippen LogP contribution in [0.2, 0.25) is 0 Å². The third kappa shape index (κ3) is 5.99. The molecule has 2 aliphatic heterocycles. The van der Waals surface area contributed by atoms with Crippen molar-refractivity contribution in [3.63, 3.8) is 0 Å². The van der Waals surface area contributed by atoms with Gasteiger partial charge in [0, 0.05) is 17.4 Å². The number of phenols is 1. The molecule has 1 fully saturated rings. The molecule has 0 bridgehead atoms. The molecular formula is C31H37NO3. The fourth-order valence-corrected chi connectivity index (χ4v) is 5.56. The summed E-state index contributed by atoms with van der Waals surface area (Å²) in [4.78, 5) is 2.60. The van der Waals surface area contributed by atoms with Crippen LogP contribution in [0.5, 0.6) is 17.2 Å². The molecule has 3 aromatic rings. The van der Waals surface area contributed by atoms with Crippen LogP contribution in [0.1, 0.15) is 67.1 Å². The van der Waals surface area contributed by atoms with Crippen LogP contribution < -0.4 is 9.47 Å². The lowest BCUT2D eigenvalue weighted by Crippen LogP contribution is -2.25. The standard InChI is InChI=1S/C31H37NO3/c33-26-14-17-30-28(22-26)31(29(23-35-30)24-10-4-3-5-11-24)25-12-15-27(16-13-25)34-21-9-2-1-6-18-32-19-7-8-20-32/h3-5,10-17,22,29,31,33H,1-2,6-9,18-21,23H2. The van der Waals surface area contributed by atoms with Crippen LogP contribution in [-0.2, 0) is 0 Å². The summed E-state index contributed by atoms with van der Waals surface area (Å²) in [6.07, 6.45) is 7.68. The van der Waals surface area contributed by atoms with Crippen LogP contribution in [0, 0.1) is 0 Å². The molecule has 2 heterocycles. The Bertz CT molecular complexity index is 1060. The molecule has 1 saturated heterocycles. The lowest BCUT2D eigenvalue weighted by Gasteiger charge is -2.34. The second-order valence-electron chi connectivity index (χ2n) is 9.91. The van der Waals surface area contributed by atoms with Crippen molar-refractivity contribution in [2.45, 2.75) is 50.4 Å². The summed E-state index contributed by atoms with van der Waals surface area (Å²) in [5.74, 6) is 2.33. The Morgan fingerprint density at radius 1 is 0.829 bits per heavy atom. The molecule has 1 N–H and O–H groups in total. The van der Waals surface area contributed by atoms with Crippen LogP contribution in [0.25, 0.3) is 0 Å². The van der Waals surface area contributed by atoms with E-state index in [-0.39, 0.29) is 17.6 Å². The first-order valence-electron chi connectivity index (χ1n) is 13.2. The minimum absolute atomic E-state index is 0.109. The van der Waals surface area contributed by atoms with Crippen molar-refractivity contribution in [2.75, 3.05) is 32.8 Å². The maximum absolute atomic E-state index is 10.2. The van der Waals surface area contributed by atoms with E-state index < -0.39 is 0 Å². The van der Waals surface area contributed by atoms with Crippen LogP contribution >= 0.6 is 0 Å². The predicted octanol–water partition coefficient (Wildman–Crippen LogP) is 6.74. The average Bonchev–Trinajstić information content (AvgIpc) is 3.42. The highest BCUT2D eigenvalue weighted by atomic mass is 16.5. The van der Waals surface area contributed by atoms with Crippen LogP contribution in [0.4, 0.5) is 0 Å². The molecule has 0 spiro atoms. The average molecular weight is 472 g/mol. The third-order valence-electron chi connectivity index (χ3n) is 7.45. The van der Waals surface area contributed by atoms with Gasteiger partial charge in [0.15, 0.2) is 0 Å². The van der Waals surface area contributed by atoms with Gasteiger partial charge in [0.25, 0.3) is 0 Å². The van der Waals surface area contributed by atoms with Crippen molar-refractivity contribution in [2.24, 2.45) is 0 Å². The number of nitrogens with zero attached hydrogens (tertiary/aromatic N) is 1. The molecule has 5 rings (SSSR count). The Morgan fingerprint density at radius 2 is 1.60 bits per heavy atom. The summed E-state index contributed by atoms with van der Waals surface area (Å²) in [5.41, 5.74) is 3.49. The van der Waals surface area contributed by atoms with Gasteiger partial charge < -0.3 is 19.5 Å². The van der Waals surface area contributed by atoms with Gasteiger partial charge in [-0.15, -0.1) is 0 Å². The van der Waals surface area contributed by atoms with Gasteiger partial charge in [-0.3, -0.25) is 0 Å². The maximum Gasteiger partial charge on any atom is 0.123 e. The monoisotopic (exact) mass is 471 g/mol. The number of rotatable bonds is 10. The molecule has 0 saturated carbocycles. The zero-order valence-corrected chi connectivity index (χ0v) is 20.6. The second-order valence-corrected chi connectivity index (χ2v) is 9.91. The first kappa shape index (κ1) is 23.7. The van der Waals surface area contributed by atoms with E-state index in [4.69, 9.17) is 9.47 Å². The highest BCUT2D eigenvalue weighted by Crippen LogP contribution is 2.47. The topological polar surface area (TPSA) is 41.9 Å². The zero-order chi connectivity index (χ0) is 23.9. The molecule has 4 nitrogen and oxygen atoms in total. The quantitative estimate of drug-likeness (QED) is 0.333. The van der Waals surface area contributed by atoms with E-state index in [1.165, 1.54) is 62.9 Å². The minimum atomic E-state index is 0.109. The van der Waals surface area contributed by atoms with Crippen molar-refractivity contribution >= 4 is 0 Å². The van der Waals surface area contributed by atoms with Gasteiger partial charge in [-0.05, 0) is 86.8 Å². The van der Waals surface area contributed by atoms with E-state index in [0.717, 1.165) is 30.1 Å². The minimum Gasteiger partial charge on any atom is -0.508 e. The summed E-state index contributed by atoms with van der Waals surface area (Å²) in [7, 11) is 0. The zero-order valence-electron chi connectivity index (χ0n) is 20.6. The first-order chi connectivity index (χ1) is 17.3. The summed E-state index contributed by atoms with van der Waals surface area (Å²) < 4.78 is 12.2. The largest absolute Gasteiger partial charge is 0.508 e. The molecule has 3 aromatic carbocycles. The fraction of sp³-hybridized carbons (Fsp3) is 0.419. The lowest BCUT2D eigenvalue weighted by atomic mass is 9.76. The van der Waals surface area contributed by atoms with Gasteiger partial charge in [-0.2, -0.15) is 0 Å². The van der Waals surface area contributed by atoms with Crippen molar-refractivity contribution < 1.29 is 14.6 Å². The third-order valence-corrected chi connectivity index (χ3v) is 7.45. The Kier molecular flexibility index (Phi) is 7.89. The Labute approximate surface area is 209 Å². The highest BCUT2D eigenvalue weighted by molar-refractivity contribution is 5.51. The SMILES string of the molecule is Oc1ccc2c(c1)C(c1ccc(OCCCCCCN3CCCC3)cc1)C(c1ccccc1)CO2. The molecule has 0 aromatic heterocycles. The van der Waals surface area contributed by atoms with Gasteiger partial charge in [-0.25, -0.2) is 0 Å². The molecule has 2 unspecified atom stereocenters. The molecular weight excluding hydrogens is 434 g/mol. The lowest BCUT2D eigenvalue weighted by molar-refractivity contribution is 0.248. The van der Waals surface area contributed by atoms with Crippen LogP contribution in [0.15, 0.2) is 72.8 Å². The van der Waals surface area contributed by atoms with Gasteiger partial charge in [0.1, 0.15) is 17.2 Å². The molecule has 0 aliphatic carbocycles. The second kappa shape index (κ2) is 11.6. The molecule has 4 heteroatoms. The van der Waals surface area contributed by atoms with Gasteiger partial charge >= 0.3 is 0 Å². The van der Waals surface area contributed by atoms with E-state index in [0.29, 0.717) is 6.61 Å². The highest BCUT2D eigenvalue weighted by Gasteiger charge is 2.33. The van der Waals surface area contributed by atoms with Gasteiger partial charge in [0.05, 0.1) is 13.2 Å². The predicted molar refractivity (Wildman–Crippen MR) is 141 cm³/mol. The number of hydrogen-bond donors (Lipinski definition) is 1. The van der Waals surface area contributed by atoms with Crippen LogP contribution in [0.3, 0.4) is 0 Å². The summed E-state index contributed by atoms with van der Waals surface area (Å²) in [6, 6.07) is 24.5. The van der Waals surface area contributed by atoms with E-state index in [9.17, 15) is 5.11 Å². The van der Waals surface area contributed by atoms with E-state index in [1.54, 1.807) is 6.07 Å². The van der Waals surface area contributed by atoms with Crippen molar-refractivity contribution in [1.29, 1.82) is 0 Å². The molecule has 0 amide bonds. The number of hydrogen-bond acceptors (Lipinski definition) is 4. The first-order valence-corrected chi connectivity index (χ1v) is 13.2. The van der Waals surface area contributed by atoms with Crippen molar-refractivity contribution in [3.05, 3.63) is 89.5 Å². The molecule has 184 valence electrons. The molecule has 2 aliphatic rings. The van der Waals surface area contributed by atoms with Gasteiger partial charge in [0.2, 0.25) is 0 Å². The van der Waals surface area contributed by atoms with E-state index in [1.807, 2.05) is 18.2 Å². The van der Waals surface area contributed by atoms with E-state index >= 15 is 0 Å². The fourth-order valence-electron chi connectivity index (χ4n) is 5.56. The number of phenolic OH excluding ortho intramolecular Hbond substituents is 1. The molecule has 35 heavy (non-hydrogen) atoms. The van der Waals surface area contributed by atoms with Gasteiger partial charge in [-0.1, -0.05) is 55.3 Å². The Morgan fingerprint density at radius 3 is 2.40 bits per heavy atom. The number of unbranched alkanes of at least 4 members (excludes halogenated alkanes) is 3. The number of likely N-dealkylation sites (tertiary alicyclic amines) is 1. The van der Waals surface area contributed by atoms with Crippen molar-refractivity contribution in [1.82, 2.24) is 4.90 Å². The maximum atomic E-state index is 10.2. The number of aromatic hydroxyl groups is 1. The number of benzene rings is 3. The molecule has 2 atom stereocenters. The number of ether oxygens (including phenoxy) is 2. The van der Waals surface area contributed by atoms with E-state index in [2.05, 4.69) is 53.4 Å². The number of fused-ring (bicyclic) bond motifs is 1. The Balaban J connectivity index is 1.20. The van der Waals surface area contributed by atoms with Crippen molar-refractivity contribution in [3.8, 4) is 17.2 Å². The molecule has 0 radical (unpaired) electrons. The Hall–Kier alpha value is -2.98. The van der Waals surface area contributed by atoms with Crippen LogP contribution in [-0.4, -0.2) is 42.9 Å². The summed E-state index contributed by atoms with van der Waals surface area (Å²) in [5, 5.41) is 10.2. The smallest absolute Gasteiger partial charge is 0.123 e. The summed E-state index contributed by atoms with van der Waals surface area (Å²) in [6.45, 7) is 5.24. The normalized spacial score (nSPS) is 19.8.